The number of carbonyl (C=O) groups is 1. The molecule has 0 aromatic carbocycles. The van der Waals surface area contributed by atoms with Gasteiger partial charge in [-0.25, -0.2) is 0 Å². The third kappa shape index (κ3) is 3.19. The summed E-state index contributed by atoms with van der Waals surface area (Å²) in [7, 11) is 0. The van der Waals surface area contributed by atoms with Gasteiger partial charge in [0, 0.05) is 31.9 Å². The Morgan fingerprint density at radius 3 is 2.58 bits per heavy atom. The monoisotopic (exact) mass is 262 g/mol. The van der Waals surface area contributed by atoms with Crippen LogP contribution in [0.15, 0.2) is 24.5 Å². The van der Waals surface area contributed by atoms with Crippen molar-refractivity contribution >= 4 is 5.78 Å². The molecule has 1 aliphatic heterocycles. The zero-order chi connectivity index (χ0) is 13.7. The topological polar surface area (TPSA) is 42.4 Å². The number of Topliss-reactive ketones (excluding diaryl/α,β-unsaturated/α-hetero) is 1. The average Bonchev–Trinajstić information content (AvgIpc) is 2.48. The minimum Gasteiger partial charge on any atom is -0.379 e. The minimum absolute atomic E-state index is 0.281. The van der Waals surface area contributed by atoms with E-state index < -0.39 is 0 Å². The first kappa shape index (κ1) is 14.2. The highest BCUT2D eigenvalue weighted by atomic mass is 16.5. The van der Waals surface area contributed by atoms with Crippen molar-refractivity contribution < 1.29 is 9.53 Å². The van der Waals surface area contributed by atoms with Crippen molar-refractivity contribution in [3.63, 3.8) is 0 Å². The van der Waals surface area contributed by atoms with E-state index in [4.69, 9.17) is 4.74 Å². The second-order valence-corrected chi connectivity index (χ2v) is 5.18. The lowest BCUT2D eigenvalue weighted by Gasteiger charge is -2.41. The van der Waals surface area contributed by atoms with Crippen molar-refractivity contribution in [1.29, 1.82) is 0 Å². The van der Waals surface area contributed by atoms with E-state index in [2.05, 4.69) is 23.7 Å². The second-order valence-electron chi connectivity index (χ2n) is 5.18. The number of hydrogen-bond donors (Lipinski definition) is 0. The Bertz CT molecular complexity index is 415. The van der Waals surface area contributed by atoms with Gasteiger partial charge in [-0.15, -0.1) is 0 Å². The number of aromatic nitrogens is 1. The van der Waals surface area contributed by atoms with Crippen LogP contribution >= 0.6 is 0 Å². The molecule has 4 heteroatoms. The fourth-order valence-electron chi connectivity index (χ4n) is 2.53. The largest absolute Gasteiger partial charge is 0.379 e. The Balaban J connectivity index is 2.09. The van der Waals surface area contributed by atoms with Crippen LogP contribution in [0.4, 0.5) is 0 Å². The fraction of sp³-hybridized carbons (Fsp3) is 0.600. The lowest BCUT2D eigenvalue weighted by molar-refractivity contribution is -0.133. The molecule has 0 N–H and O–H groups in total. The van der Waals surface area contributed by atoms with Crippen molar-refractivity contribution in [2.75, 3.05) is 26.3 Å². The highest BCUT2D eigenvalue weighted by molar-refractivity contribution is 5.89. The maximum absolute atomic E-state index is 12.7. The summed E-state index contributed by atoms with van der Waals surface area (Å²) in [6, 6.07) is 3.82. The molecule has 4 nitrogen and oxygen atoms in total. The van der Waals surface area contributed by atoms with Crippen molar-refractivity contribution in [3.05, 3.63) is 30.1 Å². The molecule has 0 spiro atoms. The highest BCUT2D eigenvalue weighted by Gasteiger charge is 2.37. The van der Waals surface area contributed by atoms with E-state index >= 15 is 0 Å². The molecule has 0 amide bonds. The van der Waals surface area contributed by atoms with Crippen molar-refractivity contribution in [1.82, 2.24) is 9.88 Å². The smallest absolute Gasteiger partial charge is 0.157 e. The molecule has 1 aromatic rings. The van der Waals surface area contributed by atoms with Crippen LogP contribution in [0.1, 0.15) is 25.8 Å². The van der Waals surface area contributed by atoms with Gasteiger partial charge < -0.3 is 4.74 Å². The predicted molar refractivity (Wildman–Crippen MR) is 74.0 cm³/mol. The summed E-state index contributed by atoms with van der Waals surface area (Å²) in [6.07, 6.45) is 4.78. The van der Waals surface area contributed by atoms with Gasteiger partial charge in [0.05, 0.1) is 18.8 Å². The standard InChI is InChI=1S/C15H22N2O2/c1-3-15(2,17-8-10-19-11-9-17)14(18)12-13-4-6-16-7-5-13/h4-7H,3,8-12H2,1-2H3. The number of rotatable bonds is 5. The fourth-order valence-corrected chi connectivity index (χ4v) is 2.53. The van der Waals surface area contributed by atoms with Gasteiger partial charge >= 0.3 is 0 Å². The number of ether oxygens (including phenoxy) is 1. The summed E-state index contributed by atoms with van der Waals surface area (Å²) in [4.78, 5) is 18.9. The molecule has 2 rings (SSSR count). The second kappa shape index (κ2) is 6.26. The molecule has 1 unspecified atom stereocenters. The van der Waals surface area contributed by atoms with Crippen molar-refractivity contribution in [3.8, 4) is 0 Å². The molecule has 0 saturated carbocycles. The van der Waals surface area contributed by atoms with Gasteiger partial charge in [-0.2, -0.15) is 0 Å². The van der Waals surface area contributed by atoms with Gasteiger partial charge in [0.2, 0.25) is 0 Å². The number of nitrogens with zero attached hydrogens (tertiary/aromatic N) is 2. The van der Waals surface area contributed by atoms with E-state index in [1.807, 2.05) is 12.1 Å². The van der Waals surface area contributed by atoms with Gasteiger partial charge in [-0.05, 0) is 31.0 Å². The molecular weight excluding hydrogens is 240 g/mol. The molecule has 19 heavy (non-hydrogen) atoms. The van der Waals surface area contributed by atoms with E-state index in [-0.39, 0.29) is 11.3 Å². The van der Waals surface area contributed by atoms with Crippen LogP contribution in [-0.4, -0.2) is 47.5 Å². The van der Waals surface area contributed by atoms with E-state index in [0.29, 0.717) is 6.42 Å². The lowest BCUT2D eigenvalue weighted by Crippen LogP contribution is -2.56. The third-order valence-electron chi connectivity index (χ3n) is 4.11. The van der Waals surface area contributed by atoms with Gasteiger partial charge in [0.15, 0.2) is 5.78 Å². The van der Waals surface area contributed by atoms with Crippen LogP contribution in [0.2, 0.25) is 0 Å². The van der Waals surface area contributed by atoms with Crippen LogP contribution in [0.3, 0.4) is 0 Å². The molecule has 1 atom stereocenters. The zero-order valence-electron chi connectivity index (χ0n) is 11.8. The molecule has 1 fully saturated rings. The molecule has 1 saturated heterocycles. The van der Waals surface area contributed by atoms with Crippen LogP contribution < -0.4 is 0 Å². The molecule has 0 aliphatic carbocycles. The van der Waals surface area contributed by atoms with Crippen LogP contribution in [0.25, 0.3) is 0 Å². The first-order valence-electron chi connectivity index (χ1n) is 6.92. The third-order valence-corrected chi connectivity index (χ3v) is 4.11. The molecule has 0 bridgehead atoms. The number of carbonyl (C=O) groups excluding carboxylic acids is 1. The molecule has 104 valence electrons. The van der Waals surface area contributed by atoms with E-state index in [9.17, 15) is 4.79 Å². The van der Waals surface area contributed by atoms with Crippen molar-refractivity contribution in [2.24, 2.45) is 0 Å². The molecular formula is C15H22N2O2. The summed E-state index contributed by atoms with van der Waals surface area (Å²) in [6.45, 7) is 7.26. The first-order valence-corrected chi connectivity index (χ1v) is 6.92. The Morgan fingerprint density at radius 1 is 1.37 bits per heavy atom. The maximum Gasteiger partial charge on any atom is 0.157 e. The number of morpholine rings is 1. The summed E-state index contributed by atoms with van der Waals surface area (Å²) in [5.41, 5.74) is 0.653. The molecule has 1 aliphatic rings. The van der Waals surface area contributed by atoms with E-state index in [1.54, 1.807) is 12.4 Å². The van der Waals surface area contributed by atoms with E-state index in [1.165, 1.54) is 0 Å². The lowest BCUT2D eigenvalue weighted by atomic mass is 9.87. The van der Waals surface area contributed by atoms with Crippen molar-refractivity contribution in [2.45, 2.75) is 32.2 Å². The Hall–Kier alpha value is -1.26. The Labute approximate surface area is 114 Å². The number of pyridine rings is 1. The van der Waals surface area contributed by atoms with Gasteiger partial charge in [-0.1, -0.05) is 6.92 Å². The normalized spacial score (nSPS) is 19.9. The first-order chi connectivity index (χ1) is 9.16. The van der Waals surface area contributed by atoms with Crippen LogP contribution in [-0.2, 0) is 16.0 Å². The minimum atomic E-state index is -0.382. The highest BCUT2D eigenvalue weighted by Crippen LogP contribution is 2.23. The number of hydrogen-bond acceptors (Lipinski definition) is 4. The summed E-state index contributed by atoms with van der Waals surface area (Å²) in [5.74, 6) is 0.281. The average molecular weight is 262 g/mol. The van der Waals surface area contributed by atoms with Gasteiger partial charge in [-0.3, -0.25) is 14.7 Å². The number of ketones is 1. The zero-order valence-corrected chi connectivity index (χ0v) is 11.8. The molecule has 1 aromatic heterocycles. The molecule has 0 radical (unpaired) electrons. The Kier molecular flexibility index (Phi) is 4.66. The van der Waals surface area contributed by atoms with Gasteiger partial charge in [0.1, 0.15) is 0 Å². The molecule has 2 heterocycles. The van der Waals surface area contributed by atoms with Gasteiger partial charge in [0.25, 0.3) is 0 Å². The van der Waals surface area contributed by atoms with Crippen LogP contribution in [0.5, 0.6) is 0 Å². The van der Waals surface area contributed by atoms with E-state index in [0.717, 1.165) is 38.3 Å². The summed E-state index contributed by atoms with van der Waals surface area (Å²) >= 11 is 0. The maximum atomic E-state index is 12.7. The predicted octanol–water partition coefficient (Wildman–Crippen LogP) is 1.69. The van der Waals surface area contributed by atoms with Crippen LogP contribution in [0, 0.1) is 0 Å². The quantitative estimate of drug-likeness (QED) is 0.810. The summed E-state index contributed by atoms with van der Waals surface area (Å²) < 4.78 is 5.38. The Morgan fingerprint density at radius 2 is 2.00 bits per heavy atom. The summed E-state index contributed by atoms with van der Waals surface area (Å²) in [5, 5.41) is 0. The SMILES string of the molecule is CCC(C)(C(=O)Cc1ccncc1)N1CCOCC1.